The maximum absolute atomic E-state index is 12.5. The summed E-state index contributed by atoms with van der Waals surface area (Å²) in [4.78, 5) is 24.6. The lowest BCUT2D eigenvalue weighted by Gasteiger charge is -2.55. The molecular weight excluding hydrogens is 280 g/mol. The SMILES string of the molecule is CC1C(O)CC2(O)C13CC(OC3=O)C1(O)C(=O)OCC12C. The van der Waals surface area contributed by atoms with E-state index in [9.17, 15) is 24.9 Å². The highest BCUT2D eigenvalue weighted by atomic mass is 16.6. The molecule has 2 aliphatic carbocycles. The van der Waals surface area contributed by atoms with Gasteiger partial charge in [-0.3, -0.25) is 4.79 Å². The third-order valence-electron chi connectivity index (χ3n) is 6.74. The van der Waals surface area contributed by atoms with E-state index in [1.165, 1.54) is 6.92 Å². The molecule has 2 bridgehead atoms. The van der Waals surface area contributed by atoms with Crippen molar-refractivity contribution in [1.82, 2.24) is 0 Å². The molecule has 2 aliphatic heterocycles. The lowest BCUT2D eigenvalue weighted by Crippen LogP contribution is -2.73. The van der Waals surface area contributed by atoms with Crippen LogP contribution in [0.4, 0.5) is 0 Å². The van der Waals surface area contributed by atoms with Gasteiger partial charge in [-0.2, -0.15) is 0 Å². The number of carbonyl (C=O) groups excluding carboxylic acids is 2. The van der Waals surface area contributed by atoms with Crippen molar-refractivity contribution in [2.75, 3.05) is 6.61 Å². The first kappa shape index (κ1) is 13.5. The highest BCUT2D eigenvalue weighted by Crippen LogP contribution is 2.72. The van der Waals surface area contributed by atoms with Gasteiger partial charge in [-0.15, -0.1) is 0 Å². The van der Waals surface area contributed by atoms with Crippen LogP contribution < -0.4 is 0 Å². The van der Waals surface area contributed by atoms with Crippen molar-refractivity contribution in [3.05, 3.63) is 0 Å². The van der Waals surface area contributed by atoms with E-state index in [1.54, 1.807) is 6.92 Å². The molecule has 4 rings (SSSR count). The highest BCUT2D eigenvalue weighted by Gasteiger charge is 2.88. The first-order valence-corrected chi connectivity index (χ1v) is 7.16. The number of cyclic esters (lactones) is 1. The largest absolute Gasteiger partial charge is 0.463 e. The number of esters is 2. The summed E-state index contributed by atoms with van der Waals surface area (Å²) in [5, 5.41) is 32.5. The van der Waals surface area contributed by atoms with Crippen LogP contribution >= 0.6 is 0 Å². The molecule has 7 nitrogen and oxygen atoms in total. The summed E-state index contributed by atoms with van der Waals surface area (Å²) in [5.41, 5.74) is -6.50. The normalized spacial score (nSPS) is 61.3. The third kappa shape index (κ3) is 0.977. The highest BCUT2D eigenvalue weighted by molar-refractivity contribution is 5.91. The summed E-state index contributed by atoms with van der Waals surface area (Å²) in [6.45, 7) is 3.02. The van der Waals surface area contributed by atoms with Gasteiger partial charge in [-0.1, -0.05) is 6.92 Å². The zero-order chi connectivity index (χ0) is 15.4. The van der Waals surface area contributed by atoms with E-state index in [4.69, 9.17) is 9.47 Å². The van der Waals surface area contributed by atoms with E-state index in [-0.39, 0.29) is 19.4 Å². The predicted molar refractivity (Wildman–Crippen MR) is 65.7 cm³/mol. The van der Waals surface area contributed by atoms with Crippen LogP contribution in [-0.4, -0.2) is 57.3 Å². The summed E-state index contributed by atoms with van der Waals surface area (Å²) in [6, 6.07) is 0. The Morgan fingerprint density at radius 2 is 1.86 bits per heavy atom. The number of carbonyl (C=O) groups is 2. The molecule has 4 aliphatic rings. The molecule has 0 amide bonds. The molecule has 2 saturated heterocycles. The fourth-order valence-electron chi connectivity index (χ4n) is 5.26. The number of aliphatic hydroxyl groups is 3. The maximum Gasteiger partial charge on any atom is 0.342 e. The Kier molecular flexibility index (Phi) is 2.09. The van der Waals surface area contributed by atoms with E-state index in [1.807, 2.05) is 0 Å². The molecule has 0 aromatic carbocycles. The molecule has 21 heavy (non-hydrogen) atoms. The fraction of sp³-hybridized carbons (Fsp3) is 0.857. The summed E-state index contributed by atoms with van der Waals surface area (Å²) in [6.07, 6.45) is -2.03. The molecule has 7 atom stereocenters. The monoisotopic (exact) mass is 298 g/mol. The molecule has 4 fully saturated rings. The smallest absolute Gasteiger partial charge is 0.342 e. The standard InChI is InChI=1S/C14H18O7/c1-6-7(15)3-13(18)11(2)5-20-10(17)14(11,19)8-4-12(6,13)9(16)21-8/h6-8,15,18-19H,3-5H2,1-2H3. The Bertz CT molecular complexity index is 576. The topological polar surface area (TPSA) is 113 Å². The molecule has 116 valence electrons. The van der Waals surface area contributed by atoms with Crippen LogP contribution in [0.1, 0.15) is 26.7 Å². The van der Waals surface area contributed by atoms with Crippen molar-refractivity contribution in [1.29, 1.82) is 0 Å². The van der Waals surface area contributed by atoms with Gasteiger partial charge in [0.2, 0.25) is 5.60 Å². The number of rotatable bonds is 0. The second-order valence-electron chi connectivity index (χ2n) is 7.16. The van der Waals surface area contributed by atoms with Crippen LogP contribution in [0.2, 0.25) is 0 Å². The first-order valence-electron chi connectivity index (χ1n) is 7.16. The van der Waals surface area contributed by atoms with Gasteiger partial charge in [0.1, 0.15) is 18.1 Å². The van der Waals surface area contributed by atoms with Gasteiger partial charge >= 0.3 is 11.9 Å². The van der Waals surface area contributed by atoms with Gasteiger partial charge in [0.05, 0.1) is 17.1 Å². The molecule has 1 spiro atoms. The molecule has 0 aromatic heterocycles. The Balaban J connectivity index is 2.02. The Morgan fingerprint density at radius 3 is 2.52 bits per heavy atom. The minimum atomic E-state index is -2.07. The maximum atomic E-state index is 12.5. The summed E-state index contributed by atoms with van der Waals surface area (Å²) in [7, 11) is 0. The van der Waals surface area contributed by atoms with Crippen molar-refractivity contribution in [3.8, 4) is 0 Å². The molecule has 0 aromatic rings. The second-order valence-corrected chi connectivity index (χ2v) is 7.16. The number of aliphatic hydroxyl groups excluding tert-OH is 1. The van der Waals surface area contributed by atoms with Crippen LogP contribution in [-0.2, 0) is 19.1 Å². The molecule has 2 heterocycles. The van der Waals surface area contributed by atoms with Crippen LogP contribution in [0, 0.1) is 16.7 Å². The van der Waals surface area contributed by atoms with Crippen LogP contribution in [0.25, 0.3) is 0 Å². The van der Waals surface area contributed by atoms with E-state index in [2.05, 4.69) is 0 Å². The third-order valence-corrected chi connectivity index (χ3v) is 6.74. The van der Waals surface area contributed by atoms with Crippen LogP contribution in [0.5, 0.6) is 0 Å². The van der Waals surface area contributed by atoms with Gasteiger partial charge in [-0.05, 0) is 6.92 Å². The number of fused-ring (bicyclic) bond motifs is 4. The molecular formula is C14H18O7. The average Bonchev–Trinajstić information content (AvgIpc) is 2.95. The van der Waals surface area contributed by atoms with Crippen molar-refractivity contribution in [3.63, 3.8) is 0 Å². The van der Waals surface area contributed by atoms with Crippen molar-refractivity contribution in [2.45, 2.75) is 50.1 Å². The minimum Gasteiger partial charge on any atom is -0.463 e. The summed E-state index contributed by atoms with van der Waals surface area (Å²) >= 11 is 0. The number of hydrogen-bond donors (Lipinski definition) is 3. The lowest BCUT2D eigenvalue weighted by molar-refractivity contribution is -0.240. The van der Waals surface area contributed by atoms with Crippen LogP contribution in [0.3, 0.4) is 0 Å². The van der Waals surface area contributed by atoms with Gasteiger partial charge < -0.3 is 24.8 Å². The van der Waals surface area contributed by atoms with Gasteiger partial charge in [0.15, 0.2) is 0 Å². The van der Waals surface area contributed by atoms with Gasteiger partial charge in [-0.25, -0.2) is 4.79 Å². The van der Waals surface area contributed by atoms with Crippen molar-refractivity contribution >= 4 is 11.9 Å². The molecule has 7 unspecified atom stereocenters. The van der Waals surface area contributed by atoms with E-state index in [0.29, 0.717) is 0 Å². The molecule has 2 saturated carbocycles. The van der Waals surface area contributed by atoms with Gasteiger partial charge in [0.25, 0.3) is 0 Å². The van der Waals surface area contributed by atoms with E-state index in [0.717, 1.165) is 0 Å². The zero-order valence-corrected chi connectivity index (χ0v) is 11.8. The second kappa shape index (κ2) is 3.26. The molecule has 7 heteroatoms. The van der Waals surface area contributed by atoms with Crippen molar-refractivity contribution in [2.24, 2.45) is 16.7 Å². The van der Waals surface area contributed by atoms with Gasteiger partial charge in [0, 0.05) is 18.8 Å². The van der Waals surface area contributed by atoms with Crippen molar-refractivity contribution < 1.29 is 34.4 Å². The van der Waals surface area contributed by atoms with E-state index < -0.39 is 52.1 Å². The first-order chi connectivity index (χ1) is 9.65. The van der Waals surface area contributed by atoms with Crippen LogP contribution in [0.15, 0.2) is 0 Å². The fourth-order valence-corrected chi connectivity index (χ4v) is 5.26. The summed E-state index contributed by atoms with van der Waals surface area (Å²) in [5.74, 6) is -2.03. The molecule has 3 N–H and O–H groups in total. The summed E-state index contributed by atoms with van der Waals surface area (Å²) < 4.78 is 10.3. The van der Waals surface area contributed by atoms with E-state index >= 15 is 0 Å². The number of hydrogen-bond acceptors (Lipinski definition) is 7. The quantitative estimate of drug-likeness (QED) is 0.478. The Labute approximate surface area is 120 Å². The lowest BCUT2D eigenvalue weighted by atomic mass is 9.47. The predicted octanol–water partition coefficient (Wildman–Crippen LogP) is -1.27. The average molecular weight is 298 g/mol. The molecule has 0 radical (unpaired) electrons. The number of ether oxygens (including phenoxy) is 2. The zero-order valence-electron chi connectivity index (χ0n) is 11.8. The minimum absolute atomic E-state index is 0.0156. The Hall–Kier alpha value is -1.18. The Morgan fingerprint density at radius 1 is 1.19 bits per heavy atom.